The lowest BCUT2D eigenvalue weighted by molar-refractivity contribution is -0.150. The number of hydrogen-bond acceptors (Lipinski definition) is 7. The summed E-state index contributed by atoms with van der Waals surface area (Å²) in [5, 5.41) is 9.25. The molecule has 1 aromatic heterocycles. The SMILES string of the molecule is NNOC(=O)CCSc1nnc2n1CCCCC2. The molecule has 2 heterocycles. The van der Waals surface area contributed by atoms with Gasteiger partial charge in [-0.3, -0.25) is 4.79 Å². The van der Waals surface area contributed by atoms with Crippen LogP contribution in [0.4, 0.5) is 0 Å². The Labute approximate surface area is 109 Å². The molecule has 1 aromatic rings. The summed E-state index contributed by atoms with van der Waals surface area (Å²) in [5.41, 5.74) is 1.88. The van der Waals surface area contributed by atoms with Gasteiger partial charge in [-0.25, -0.2) is 5.84 Å². The van der Waals surface area contributed by atoms with Gasteiger partial charge in [0, 0.05) is 18.7 Å². The molecule has 100 valence electrons. The molecule has 1 aliphatic heterocycles. The number of aryl methyl sites for hydroxylation is 1. The smallest absolute Gasteiger partial charge is 0.327 e. The van der Waals surface area contributed by atoms with Gasteiger partial charge in [0.25, 0.3) is 0 Å². The standard InChI is InChI=1S/C10H17N5O2S/c11-14-17-9(16)5-7-18-10-13-12-8-4-2-1-3-6-15(8)10/h14H,1-7,11H2. The molecule has 0 unspecified atom stereocenters. The van der Waals surface area contributed by atoms with E-state index in [1.54, 1.807) is 0 Å². The number of nitrogens with two attached hydrogens (primary N) is 1. The van der Waals surface area contributed by atoms with Crippen LogP contribution in [0.5, 0.6) is 0 Å². The average Bonchev–Trinajstić information content (AvgIpc) is 2.60. The van der Waals surface area contributed by atoms with Crippen molar-refractivity contribution in [2.24, 2.45) is 5.84 Å². The summed E-state index contributed by atoms with van der Waals surface area (Å²) in [6, 6.07) is 0. The van der Waals surface area contributed by atoms with Crippen molar-refractivity contribution >= 4 is 17.7 Å². The van der Waals surface area contributed by atoms with Gasteiger partial charge < -0.3 is 9.40 Å². The monoisotopic (exact) mass is 271 g/mol. The van der Waals surface area contributed by atoms with Crippen LogP contribution in [0.15, 0.2) is 5.16 Å². The fourth-order valence-electron chi connectivity index (χ4n) is 1.91. The Morgan fingerprint density at radius 1 is 1.44 bits per heavy atom. The Bertz CT molecular complexity index is 409. The number of nitrogens with one attached hydrogen (secondary N) is 1. The molecular formula is C10H17N5O2S. The maximum Gasteiger partial charge on any atom is 0.327 e. The van der Waals surface area contributed by atoms with Crippen LogP contribution in [0.25, 0.3) is 0 Å². The van der Waals surface area contributed by atoms with Crippen LogP contribution >= 0.6 is 11.8 Å². The zero-order valence-electron chi connectivity index (χ0n) is 10.1. The number of hydrogen-bond donors (Lipinski definition) is 2. The Morgan fingerprint density at radius 3 is 3.17 bits per heavy atom. The number of hydrazine groups is 1. The van der Waals surface area contributed by atoms with Gasteiger partial charge in [0.2, 0.25) is 0 Å². The van der Waals surface area contributed by atoms with Crippen molar-refractivity contribution in [3.63, 3.8) is 0 Å². The molecule has 0 spiro atoms. The maximum absolute atomic E-state index is 11.1. The first-order valence-electron chi connectivity index (χ1n) is 6.01. The van der Waals surface area contributed by atoms with Crippen molar-refractivity contribution in [1.29, 1.82) is 0 Å². The molecule has 0 amide bonds. The molecule has 0 bridgehead atoms. The van der Waals surface area contributed by atoms with Crippen LogP contribution in [0.1, 0.15) is 31.5 Å². The van der Waals surface area contributed by atoms with E-state index in [0.29, 0.717) is 5.75 Å². The van der Waals surface area contributed by atoms with Crippen molar-refractivity contribution in [3.05, 3.63) is 5.82 Å². The minimum atomic E-state index is -0.374. The number of fused-ring (bicyclic) bond motifs is 1. The van der Waals surface area contributed by atoms with E-state index in [4.69, 9.17) is 5.84 Å². The van der Waals surface area contributed by atoms with Gasteiger partial charge in [0.1, 0.15) is 5.82 Å². The number of nitrogens with zero attached hydrogens (tertiary/aromatic N) is 3. The first kappa shape index (κ1) is 13.3. The average molecular weight is 271 g/mol. The zero-order chi connectivity index (χ0) is 12.8. The number of carbonyl (C=O) groups is 1. The van der Waals surface area contributed by atoms with Gasteiger partial charge in [0.15, 0.2) is 5.16 Å². The van der Waals surface area contributed by atoms with Crippen LogP contribution in [-0.2, 0) is 22.6 Å². The number of aromatic nitrogens is 3. The van der Waals surface area contributed by atoms with E-state index in [-0.39, 0.29) is 12.4 Å². The van der Waals surface area contributed by atoms with Gasteiger partial charge in [-0.1, -0.05) is 23.8 Å². The summed E-state index contributed by atoms with van der Waals surface area (Å²) in [6.07, 6.45) is 4.86. The van der Waals surface area contributed by atoms with Crippen molar-refractivity contribution in [2.45, 2.75) is 43.8 Å². The van der Waals surface area contributed by atoms with E-state index in [0.717, 1.165) is 30.4 Å². The minimum Gasteiger partial charge on any atom is -0.356 e. The van der Waals surface area contributed by atoms with Gasteiger partial charge in [0.05, 0.1) is 6.42 Å². The molecule has 0 saturated heterocycles. The summed E-state index contributed by atoms with van der Waals surface area (Å²) < 4.78 is 2.16. The lowest BCUT2D eigenvalue weighted by atomic mass is 10.2. The third-order valence-corrected chi connectivity index (χ3v) is 3.75. The lowest BCUT2D eigenvalue weighted by Crippen LogP contribution is -2.26. The highest BCUT2D eigenvalue weighted by Crippen LogP contribution is 2.22. The molecule has 0 aliphatic carbocycles. The maximum atomic E-state index is 11.1. The van der Waals surface area contributed by atoms with Crippen LogP contribution in [0.3, 0.4) is 0 Å². The quantitative estimate of drug-likeness (QED) is 0.455. The van der Waals surface area contributed by atoms with Crippen molar-refractivity contribution < 1.29 is 9.63 Å². The molecule has 0 saturated carbocycles. The van der Waals surface area contributed by atoms with Crippen molar-refractivity contribution in [1.82, 2.24) is 20.4 Å². The predicted molar refractivity (Wildman–Crippen MR) is 66.3 cm³/mol. The highest BCUT2D eigenvalue weighted by Gasteiger charge is 2.15. The molecule has 2 rings (SSSR count). The van der Waals surface area contributed by atoms with Gasteiger partial charge in [-0.2, -0.15) is 0 Å². The van der Waals surface area contributed by atoms with Crippen LogP contribution < -0.4 is 11.4 Å². The highest BCUT2D eigenvalue weighted by atomic mass is 32.2. The molecule has 0 radical (unpaired) electrons. The zero-order valence-corrected chi connectivity index (χ0v) is 10.9. The van der Waals surface area contributed by atoms with E-state index in [1.165, 1.54) is 24.6 Å². The van der Waals surface area contributed by atoms with Gasteiger partial charge in [-0.15, -0.1) is 10.2 Å². The summed E-state index contributed by atoms with van der Waals surface area (Å²) in [6.45, 7) is 0.972. The number of rotatable bonds is 5. The van der Waals surface area contributed by atoms with Crippen LogP contribution in [0.2, 0.25) is 0 Å². The third-order valence-electron chi connectivity index (χ3n) is 2.79. The first-order chi connectivity index (χ1) is 8.81. The normalized spacial score (nSPS) is 14.9. The first-order valence-corrected chi connectivity index (χ1v) is 7.00. The molecule has 0 fully saturated rings. The third kappa shape index (κ3) is 3.44. The lowest BCUT2D eigenvalue weighted by Gasteiger charge is -2.05. The minimum absolute atomic E-state index is 0.289. The molecule has 3 N–H and O–H groups in total. The molecule has 0 atom stereocenters. The van der Waals surface area contributed by atoms with E-state index in [1.807, 2.05) is 5.59 Å². The topological polar surface area (TPSA) is 95.1 Å². The summed E-state index contributed by atoms with van der Waals surface area (Å²) in [5.74, 6) is 6.17. The second-order valence-electron chi connectivity index (χ2n) is 4.05. The van der Waals surface area contributed by atoms with Crippen LogP contribution in [-0.4, -0.2) is 26.5 Å². The Hall–Kier alpha value is -1.12. The summed E-state index contributed by atoms with van der Waals surface area (Å²) >= 11 is 1.53. The fraction of sp³-hybridized carbons (Fsp3) is 0.700. The van der Waals surface area contributed by atoms with Crippen LogP contribution in [0, 0.1) is 0 Å². The van der Waals surface area contributed by atoms with E-state index >= 15 is 0 Å². The molecular weight excluding hydrogens is 254 g/mol. The Balaban J connectivity index is 1.86. The molecule has 8 heteroatoms. The second-order valence-corrected chi connectivity index (χ2v) is 5.11. The van der Waals surface area contributed by atoms with Gasteiger partial charge in [-0.05, 0) is 12.8 Å². The predicted octanol–water partition coefficient (Wildman–Crippen LogP) is 0.408. The van der Waals surface area contributed by atoms with Gasteiger partial charge >= 0.3 is 5.97 Å². The highest BCUT2D eigenvalue weighted by molar-refractivity contribution is 7.99. The van der Waals surface area contributed by atoms with E-state index in [2.05, 4.69) is 19.6 Å². The molecule has 0 aromatic carbocycles. The van der Waals surface area contributed by atoms with Crippen molar-refractivity contribution in [3.8, 4) is 0 Å². The second kappa shape index (κ2) is 6.72. The number of carbonyl (C=O) groups excluding carboxylic acids is 1. The van der Waals surface area contributed by atoms with E-state index in [9.17, 15) is 4.79 Å². The molecule has 7 nitrogen and oxygen atoms in total. The molecule has 1 aliphatic rings. The summed E-state index contributed by atoms with van der Waals surface area (Å²) in [7, 11) is 0. The summed E-state index contributed by atoms with van der Waals surface area (Å²) in [4.78, 5) is 15.5. The number of thioether (sulfide) groups is 1. The Morgan fingerprint density at radius 2 is 2.33 bits per heavy atom. The molecule has 18 heavy (non-hydrogen) atoms. The Kier molecular flexibility index (Phi) is 4.97. The largest absolute Gasteiger partial charge is 0.356 e. The van der Waals surface area contributed by atoms with Crippen molar-refractivity contribution in [2.75, 3.05) is 5.75 Å². The van der Waals surface area contributed by atoms with E-state index < -0.39 is 0 Å². The fourth-order valence-corrected chi connectivity index (χ4v) is 2.81.